The van der Waals surface area contributed by atoms with Gasteiger partial charge in [-0.3, -0.25) is 0 Å². The van der Waals surface area contributed by atoms with Crippen molar-refractivity contribution in [2.75, 3.05) is 0 Å². The molecule has 0 aliphatic rings. The summed E-state index contributed by atoms with van der Waals surface area (Å²) in [5.41, 5.74) is 6.64. The van der Waals surface area contributed by atoms with Gasteiger partial charge >= 0.3 is 0 Å². The van der Waals surface area contributed by atoms with Gasteiger partial charge in [0.15, 0.2) is 0 Å². The van der Waals surface area contributed by atoms with Crippen molar-refractivity contribution in [2.24, 2.45) is 12.8 Å². The molecule has 15 heavy (non-hydrogen) atoms. The van der Waals surface area contributed by atoms with Crippen LogP contribution in [0, 0.1) is 0 Å². The zero-order valence-corrected chi connectivity index (χ0v) is 9.11. The van der Waals surface area contributed by atoms with E-state index >= 15 is 0 Å². The lowest BCUT2D eigenvalue weighted by Gasteiger charge is -2.00. The smallest absolute Gasteiger partial charge is 0.213 e. The Kier molecular flexibility index (Phi) is 2.98. The van der Waals surface area contributed by atoms with Gasteiger partial charge in [0.1, 0.15) is 0 Å². The van der Waals surface area contributed by atoms with E-state index in [2.05, 4.69) is 15.5 Å². The maximum Gasteiger partial charge on any atom is 0.213 e. The molecule has 0 amide bonds. The van der Waals surface area contributed by atoms with Crippen LogP contribution in [0.3, 0.4) is 0 Å². The molecule has 6 heteroatoms. The van der Waals surface area contributed by atoms with Gasteiger partial charge in [-0.25, -0.2) is 4.68 Å². The molecule has 1 aromatic heterocycles. The van der Waals surface area contributed by atoms with Crippen LogP contribution in [0.4, 0.5) is 0 Å². The van der Waals surface area contributed by atoms with Crippen molar-refractivity contribution >= 4 is 11.8 Å². The highest BCUT2D eigenvalue weighted by Crippen LogP contribution is 2.24. The fourth-order valence-electron chi connectivity index (χ4n) is 1.11. The summed E-state index contributed by atoms with van der Waals surface area (Å²) in [6, 6.07) is 8.04. The molecule has 2 rings (SSSR count). The average Bonchev–Trinajstić information content (AvgIpc) is 2.66. The molecule has 0 saturated heterocycles. The average molecular weight is 221 g/mol. The number of nitrogens with two attached hydrogens (primary N) is 1. The van der Waals surface area contributed by atoms with Crippen LogP contribution in [0.1, 0.15) is 5.56 Å². The molecule has 0 radical (unpaired) electrons. The Morgan fingerprint density at radius 1 is 1.33 bits per heavy atom. The number of aryl methyl sites for hydroxylation is 1. The third kappa shape index (κ3) is 2.34. The normalized spacial score (nSPS) is 10.5. The van der Waals surface area contributed by atoms with Crippen molar-refractivity contribution < 1.29 is 0 Å². The highest BCUT2D eigenvalue weighted by molar-refractivity contribution is 7.99. The minimum absolute atomic E-state index is 0.566. The molecule has 0 aliphatic heterocycles. The maximum absolute atomic E-state index is 5.52. The van der Waals surface area contributed by atoms with Crippen molar-refractivity contribution in [1.82, 2.24) is 20.2 Å². The topological polar surface area (TPSA) is 69.6 Å². The Morgan fingerprint density at radius 3 is 2.60 bits per heavy atom. The Bertz CT molecular complexity index is 436. The van der Waals surface area contributed by atoms with Gasteiger partial charge in [0.05, 0.1) is 0 Å². The number of tetrazole rings is 1. The first kappa shape index (κ1) is 10.1. The molecule has 0 aliphatic carbocycles. The molecule has 2 N–H and O–H groups in total. The molecular formula is C9H11N5S. The lowest BCUT2D eigenvalue weighted by Crippen LogP contribution is -1.95. The van der Waals surface area contributed by atoms with E-state index < -0.39 is 0 Å². The van der Waals surface area contributed by atoms with E-state index in [4.69, 9.17) is 5.73 Å². The lowest BCUT2D eigenvalue weighted by molar-refractivity contribution is 0.664. The summed E-state index contributed by atoms with van der Waals surface area (Å²) in [4.78, 5) is 1.10. The fraction of sp³-hybridized carbons (Fsp3) is 0.222. The summed E-state index contributed by atoms with van der Waals surface area (Å²) in [6.07, 6.45) is 0. The Labute approximate surface area is 91.7 Å². The van der Waals surface area contributed by atoms with Gasteiger partial charge in [-0.2, -0.15) is 0 Å². The molecule has 0 atom stereocenters. The number of benzene rings is 1. The van der Waals surface area contributed by atoms with Crippen LogP contribution in [0.5, 0.6) is 0 Å². The fourth-order valence-corrected chi connectivity index (χ4v) is 1.84. The maximum atomic E-state index is 5.52. The molecule has 5 nitrogen and oxygen atoms in total. The standard InChI is InChI=1S/C9H11N5S/c1-14-9(11-12-13-14)15-8-4-2-7(6-10)3-5-8/h2-5H,6,10H2,1H3. The van der Waals surface area contributed by atoms with Crippen LogP contribution in [-0.2, 0) is 13.6 Å². The number of aromatic nitrogens is 4. The zero-order valence-electron chi connectivity index (χ0n) is 8.29. The van der Waals surface area contributed by atoms with Crippen molar-refractivity contribution in [3.63, 3.8) is 0 Å². The quantitative estimate of drug-likeness (QED) is 0.831. The first-order valence-corrected chi connectivity index (χ1v) is 5.30. The molecule has 0 fully saturated rings. The monoisotopic (exact) mass is 221 g/mol. The van der Waals surface area contributed by atoms with Crippen molar-refractivity contribution in [3.8, 4) is 0 Å². The van der Waals surface area contributed by atoms with Crippen molar-refractivity contribution in [2.45, 2.75) is 16.6 Å². The molecule has 0 bridgehead atoms. The van der Waals surface area contributed by atoms with Crippen LogP contribution in [0.15, 0.2) is 34.3 Å². The second-order valence-electron chi connectivity index (χ2n) is 3.04. The predicted molar refractivity (Wildman–Crippen MR) is 57.3 cm³/mol. The van der Waals surface area contributed by atoms with Crippen LogP contribution < -0.4 is 5.73 Å². The molecule has 1 heterocycles. The lowest BCUT2D eigenvalue weighted by atomic mass is 10.2. The molecule has 78 valence electrons. The van der Waals surface area contributed by atoms with E-state index in [-0.39, 0.29) is 0 Å². The first-order chi connectivity index (χ1) is 7.29. The predicted octanol–water partition coefficient (Wildman–Crippen LogP) is 0.820. The molecular weight excluding hydrogens is 210 g/mol. The van der Waals surface area contributed by atoms with Gasteiger partial charge in [0, 0.05) is 18.5 Å². The number of hydrogen-bond donors (Lipinski definition) is 1. The van der Waals surface area contributed by atoms with Gasteiger partial charge in [-0.15, -0.1) is 5.10 Å². The number of rotatable bonds is 3. The van der Waals surface area contributed by atoms with E-state index in [0.29, 0.717) is 6.54 Å². The Balaban J connectivity index is 2.14. The minimum atomic E-state index is 0.566. The zero-order chi connectivity index (χ0) is 10.7. The second-order valence-corrected chi connectivity index (χ2v) is 4.08. The summed E-state index contributed by atoms with van der Waals surface area (Å²) in [7, 11) is 1.82. The third-order valence-corrected chi connectivity index (χ3v) is 2.99. The van der Waals surface area contributed by atoms with E-state index in [1.54, 1.807) is 4.68 Å². The molecule has 0 spiro atoms. The minimum Gasteiger partial charge on any atom is -0.326 e. The van der Waals surface area contributed by atoms with Crippen LogP contribution in [-0.4, -0.2) is 20.2 Å². The summed E-state index contributed by atoms with van der Waals surface area (Å²) in [5, 5.41) is 12.0. The molecule has 1 aromatic carbocycles. The van der Waals surface area contributed by atoms with Gasteiger partial charge in [-0.1, -0.05) is 12.1 Å². The van der Waals surface area contributed by atoms with Gasteiger partial charge in [0.25, 0.3) is 0 Å². The van der Waals surface area contributed by atoms with Gasteiger partial charge in [-0.05, 0) is 39.9 Å². The van der Waals surface area contributed by atoms with E-state index in [1.165, 1.54) is 11.8 Å². The summed E-state index contributed by atoms with van der Waals surface area (Å²) >= 11 is 1.53. The SMILES string of the molecule is Cn1nnnc1Sc1ccc(CN)cc1. The number of hydrogen-bond acceptors (Lipinski definition) is 5. The van der Waals surface area contributed by atoms with Crippen molar-refractivity contribution in [3.05, 3.63) is 29.8 Å². The van der Waals surface area contributed by atoms with Gasteiger partial charge < -0.3 is 5.73 Å². The first-order valence-electron chi connectivity index (χ1n) is 4.49. The summed E-state index contributed by atoms with van der Waals surface area (Å²) < 4.78 is 1.64. The summed E-state index contributed by atoms with van der Waals surface area (Å²) in [6.45, 7) is 0.566. The number of nitrogens with zero attached hydrogens (tertiary/aromatic N) is 4. The van der Waals surface area contributed by atoms with Gasteiger partial charge in [0.2, 0.25) is 5.16 Å². The molecule has 2 aromatic rings. The van der Waals surface area contributed by atoms with E-state index in [0.717, 1.165) is 15.6 Å². The van der Waals surface area contributed by atoms with E-state index in [9.17, 15) is 0 Å². The Morgan fingerprint density at radius 2 is 2.07 bits per heavy atom. The molecule has 0 saturated carbocycles. The Hall–Kier alpha value is -1.40. The largest absolute Gasteiger partial charge is 0.326 e. The second kappa shape index (κ2) is 4.41. The highest BCUT2D eigenvalue weighted by atomic mass is 32.2. The van der Waals surface area contributed by atoms with Crippen LogP contribution in [0.25, 0.3) is 0 Å². The van der Waals surface area contributed by atoms with Crippen LogP contribution >= 0.6 is 11.8 Å². The molecule has 0 unspecified atom stereocenters. The summed E-state index contributed by atoms with van der Waals surface area (Å²) in [5.74, 6) is 0. The van der Waals surface area contributed by atoms with Crippen LogP contribution in [0.2, 0.25) is 0 Å². The third-order valence-electron chi connectivity index (χ3n) is 1.95. The van der Waals surface area contributed by atoms with Crippen molar-refractivity contribution in [1.29, 1.82) is 0 Å². The van der Waals surface area contributed by atoms with E-state index in [1.807, 2.05) is 31.3 Å². The highest BCUT2D eigenvalue weighted by Gasteiger charge is 2.03.